The minimum Gasteiger partial charge on any atom is -0.493 e. The van der Waals surface area contributed by atoms with Gasteiger partial charge in [-0.15, -0.1) is 23.5 Å². The van der Waals surface area contributed by atoms with E-state index in [4.69, 9.17) is 37.4 Å². The van der Waals surface area contributed by atoms with Gasteiger partial charge in [0.1, 0.15) is 12.4 Å². The molecule has 1 saturated heterocycles. The molecule has 0 spiro atoms. The van der Waals surface area contributed by atoms with E-state index in [1.807, 2.05) is 59.9 Å². The Morgan fingerprint density at radius 3 is 2.57 bits per heavy atom. The van der Waals surface area contributed by atoms with Crippen LogP contribution in [-0.2, 0) is 11.4 Å². The van der Waals surface area contributed by atoms with Gasteiger partial charge >= 0.3 is 0 Å². The molecule has 1 fully saturated rings. The third-order valence-electron chi connectivity index (χ3n) is 5.19. The van der Waals surface area contributed by atoms with E-state index < -0.39 is 0 Å². The zero-order valence-electron chi connectivity index (χ0n) is 19.7. The highest BCUT2D eigenvalue weighted by Crippen LogP contribution is 2.45. The average Bonchev–Trinajstić information content (AvgIpc) is 3.43. The normalized spacial score (nSPS) is 13.6. The first-order valence-corrected chi connectivity index (χ1v) is 15.1. The molecule has 0 aliphatic carbocycles. The number of ether oxygens (including phenoxy) is 3. The summed E-state index contributed by atoms with van der Waals surface area (Å²) in [5.41, 5.74) is 5.29. The Morgan fingerprint density at radius 2 is 1.86 bits per heavy atom. The molecule has 194 valence electrons. The third-order valence-corrected chi connectivity index (χ3v) is 9.68. The monoisotopic (exact) mass is 688 g/mol. The number of hydrogen-bond donors (Lipinski definition) is 1. The molecule has 3 aromatic rings. The lowest BCUT2D eigenvalue weighted by Gasteiger charge is -2.14. The molecule has 11 heteroatoms. The summed E-state index contributed by atoms with van der Waals surface area (Å²) < 4.78 is 18.4. The van der Waals surface area contributed by atoms with Crippen molar-refractivity contribution in [3.05, 3.63) is 84.9 Å². The molecular formula is C26H23Cl2IN2O4S2. The predicted octanol–water partition coefficient (Wildman–Crippen LogP) is 7.19. The standard InChI is InChI=1S/C26H23Cl2IN2O4S2/c1-33-23-11-16(10-22(29)25(23)35-14-18-2-5-19(27)12-21(18)28)13-30-31-24(32)15-34-20-6-3-17(4-7-20)26-36-8-9-37-26/h2-7,10-13,26H,8-9,14-15H2,1H3,(H,31,32)/b30-13-. The summed E-state index contributed by atoms with van der Waals surface area (Å²) in [6.07, 6.45) is 1.54. The number of hydrazone groups is 1. The number of benzene rings is 3. The molecular weight excluding hydrogens is 666 g/mol. The first-order chi connectivity index (χ1) is 17.9. The Labute approximate surface area is 247 Å². The minimum absolute atomic E-state index is 0.134. The van der Waals surface area contributed by atoms with Gasteiger partial charge in [0.25, 0.3) is 5.91 Å². The van der Waals surface area contributed by atoms with Gasteiger partial charge in [-0.1, -0.05) is 41.4 Å². The fourth-order valence-corrected chi connectivity index (χ4v) is 7.48. The molecule has 6 nitrogen and oxygen atoms in total. The molecule has 37 heavy (non-hydrogen) atoms. The number of amides is 1. The number of nitrogens with zero attached hydrogens (tertiary/aromatic N) is 1. The third kappa shape index (κ3) is 8.10. The molecule has 1 amide bonds. The van der Waals surface area contributed by atoms with Crippen LogP contribution in [0.5, 0.6) is 17.2 Å². The maximum absolute atomic E-state index is 12.2. The van der Waals surface area contributed by atoms with Crippen LogP contribution in [0.2, 0.25) is 10.0 Å². The lowest BCUT2D eigenvalue weighted by atomic mass is 10.2. The van der Waals surface area contributed by atoms with E-state index >= 15 is 0 Å². The van der Waals surface area contributed by atoms with E-state index in [-0.39, 0.29) is 19.1 Å². The highest BCUT2D eigenvalue weighted by Gasteiger charge is 2.18. The van der Waals surface area contributed by atoms with Crippen molar-refractivity contribution < 1.29 is 19.0 Å². The van der Waals surface area contributed by atoms with E-state index in [9.17, 15) is 4.79 Å². The van der Waals surface area contributed by atoms with Crippen LogP contribution in [-0.4, -0.2) is 37.3 Å². The second-order valence-electron chi connectivity index (χ2n) is 7.78. The number of hydrogen-bond acceptors (Lipinski definition) is 7. The first-order valence-electron chi connectivity index (χ1n) is 11.1. The second kappa shape index (κ2) is 13.8. The number of thioether (sulfide) groups is 2. The van der Waals surface area contributed by atoms with Crippen molar-refractivity contribution >= 4 is 81.4 Å². The highest BCUT2D eigenvalue weighted by atomic mass is 127. The lowest BCUT2D eigenvalue weighted by molar-refractivity contribution is -0.123. The van der Waals surface area contributed by atoms with Gasteiger partial charge in [-0.05, 0) is 70.1 Å². The summed E-state index contributed by atoms with van der Waals surface area (Å²) in [4.78, 5) is 12.2. The zero-order chi connectivity index (χ0) is 26.2. The number of rotatable bonds is 10. The summed E-state index contributed by atoms with van der Waals surface area (Å²) >= 11 is 18.3. The average molecular weight is 689 g/mol. The Hall–Kier alpha value is -1.79. The van der Waals surface area contributed by atoms with Crippen molar-refractivity contribution in [2.45, 2.75) is 11.2 Å². The minimum atomic E-state index is -0.358. The molecule has 3 aromatic carbocycles. The molecule has 1 N–H and O–H groups in total. The molecule has 1 aliphatic heterocycles. The smallest absolute Gasteiger partial charge is 0.277 e. The highest BCUT2D eigenvalue weighted by molar-refractivity contribution is 14.1. The molecule has 0 bridgehead atoms. The fourth-order valence-electron chi connectivity index (χ4n) is 3.38. The van der Waals surface area contributed by atoms with E-state index in [2.05, 4.69) is 33.1 Å². The second-order valence-corrected chi connectivity index (χ2v) is 12.5. The van der Waals surface area contributed by atoms with Crippen molar-refractivity contribution in [1.29, 1.82) is 0 Å². The van der Waals surface area contributed by atoms with E-state index in [1.165, 1.54) is 23.3 Å². The van der Waals surface area contributed by atoms with Crippen LogP contribution in [0, 0.1) is 3.57 Å². The maximum atomic E-state index is 12.2. The molecule has 1 heterocycles. The van der Waals surface area contributed by atoms with Crippen molar-refractivity contribution in [2.24, 2.45) is 5.10 Å². The fraction of sp³-hybridized carbons (Fsp3) is 0.231. The summed E-state index contributed by atoms with van der Waals surface area (Å²) in [6.45, 7) is 0.123. The maximum Gasteiger partial charge on any atom is 0.277 e. The molecule has 1 aliphatic rings. The van der Waals surface area contributed by atoms with Crippen LogP contribution in [0.1, 0.15) is 21.3 Å². The van der Waals surface area contributed by atoms with Gasteiger partial charge in [0.05, 0.1) is 21.5 Å². The number of nitrogens with one attached hydrogen (secondary N) is 1. The number of halogens is 3. The summed E-state index contributed by atoms with van der Waals surface area (Å²) in [6, 6.07) is 16.8. The van der Waals surface area contributed by atoms with Crippen molar-refractivity contribution in [3.8, 4) is 17.2 Å². The van der Waals surface area contributed by atoms with Gasteiger partial charge in [-0.3, -0.25) is 4.79 Å². The number of carbonyl (C=O) groups excluding carboxylic acids is 1. The van der Waals surface area contributed by atoms with Crippen LogP contribution in [0.25, 0.3) is 0 Å². The Bertz CT molecular complexity index is 1270. The molecule has 0 saturated carbocycles. The van der Waals surface area contributed by atoms with Crippen LogP contribution in [0.3, 0.4) is 0 Å². The van der Waals surface area contributed by atoms with Crippen LogP contribution < -0.4 is 19.6 Å². The van der Waals surface area contributed by atoms with Crippen LogP contribution in [0.4, 0.5) is 0 Å². The lowest BCUT2D eigenvalue weighted by Crippen LogP contribution is -2.24. The first kappa shape index (κ1) is 28.2. The molecule has 4 rings (SSSR count). The van der Waals surface area contributed by atoms with Gasteiger partial charge < -0.3 is 14.2 Å². The molecule has 0 unspecified atom stereocenters. The van der Waals surface area contributed by atoms with E-state index in [0.717, 1.165) is 14.7 Å². The predicted molar refractivity (Wildman–Crippen MR) is 162 cm³/mol. The van der Waals surface area contributed by atoms with E-state index in [1.54, 1.807) is 25.3 Å². The van der Waals surface area contributed by atoms with Gasteiger partial charge in [0.15, 0.2) is 18.1 Å². The Kier molecular flexibility index (Phi) is 10.6. The van der Waals surface area contributed by atoms with Gasteiger partial charge in [-0.2, -0.15) is 5.10 Å². The summed E-state index contributed by atoms with van der Waals surface area (Å²) in [5, 5.41) is 5.14. The van der Waals surface area contributed by atoms with Crippen molar-refractivity contribution in [3.63, 3.8) is 0 Å². The van der Waals surface area contributed by atoms with Crippen LogP contribution >= 0.6 is 69.3 Å². The topological polar surface area (TPSA) is 69.2 Å². The van der Waals surface area contributed by atoms with Crippen LogP contribution in [0.15, 0.2) is 59.7 Å². The van der Waals surface area contributed by atoms with Gasteiger partial charge in [0.2, 0.25) is 0 Å². The van der Waals surface area contributed by atoms with E-state index in [0.29, 0.717) is 31.9 Å². The molecule has 0 atom stereocenters. The molecule has 0 radical (unpaired) electrons. The van der Waals surface area contributed by atoms with Crippen molar-refractivity contribution in [1.82, 2.24) is 5.43 Å². The van der Waals surface area contributed by atoms with Gasteiger partial charge in [-0.25, -0.2) is 5.43 Å². The summed E-state index contributed by atoms with van der Waals surface area (Å²) in [7, 11) is 1.56. The Balaban J connectivity index is 1.29. The quantitative estimate of drug-likeness (QED) is 0.138. The van der Waals surface area contributed by atoms with Gasteiger partial charge in [0, 0.05) is 27.1 Å². The van der Waals surface area contributed by atoms with Crippen molar-refractivity contribution in [2.75, 3.05) is 25.2 Å². The number of methoxy groups -OCH3 is 1. The summed E-state index contributed by atoms with van der Waals surface area (Å²) in [5.74, 6) is 3.76. The number of carbonyl (C=O) groups is 1. The largest absolute Gasteiger partial charge is 0.493 e. The SMILES string of the molecule is COc1cc(/C=N\NC(=O)COc2ccc(C3SCCS3)cc2)cc(I)c1OCc1ccc(Cl)cc1Cl. The molecule has 0 aromatic heterocycles. The Morgan fingerprint density at radius 1 is 1.11 bits per heavy atom. The zero-order valence-corrected chi connectivity index (χ0v) is 25.0.